The molecule has 6 heteroatoms. The van der Waals surface area contributed by atoms with Gasteiger partial charge in [-0.2, -0.15) is 0 Å². The van der Waals surface area contributed by atoms with Gasteiger partial charge in [0.2, 0.25) is 0 Å². The van der Waals surface area contributed by atoms with Gasteiger partial charge >= 0.3 is 0 Å². The molecule has 0 aliphatic rings. The van der Waals surface area contributed by atoms with E-state index in [-0.39, 0.29) is 0 Å². The van der Waals surface area contributed by atoms with Crippen LogP contribution < -0.4 is 16.6 Å². The number of rotatable bonds is 9. The Morgan fingerprint density at radius 1 is 1.32 bits per heavy atom. The third kappa shape index (κ3) is 5.85. The van der Waals surface area contributed by atoms with Crippen molar-refractivity contribution >= 4 is 11.6 Å². The molecule has 19 heavy (non-hydrogen) atoms. The van der Waals surface area contributed by atoms with Gasteiger partial charge in [0.25, 0.3) is 0 Å². The van der Waals surface area contributed by atoms with Crippen molar-refractivity contribution in [3.05, 3.63) is 11.9 Å². The van der Waals surface area contributed by atoms with E-state index in [0.717, 1.165) is 12.2 Å². The largest absolute Gasteiger partial charge is 0.374 e. The van der Waals surface area contributed by atoms with Crippen LogP contribution in [0.1, 0.15) is 45.9 Å². The Balaban J connectivity index is 2.69. The number of unbranched alkanes of at least 4 members (excludes halogenated alkanes) is 1. The second-order valence-corrected chi connectivity index (χ2v) is 4.52. The van der Waals surface area contributed by atoms with Gasteiger partial charge in [0.05, 0.1) is 0 Å². The lowest BCUT2D eigenvalue weighted by molar-refractivity contribution is 0.128. The molecule has 0 amide bonds. The molecule has 0 bridgehead atoms. The zero-order valence-corrected chi connectivity index (χ0v) is 12.1. The van der Waals surface area contributed by atoms with Gasteiger partial charge < -0.3 is 15.5 Å². The molecule has 0 aliphatic carbocycles. The molecule has 1 unspecified atom stereocenters. The fraction of sp³-hybridized carbons (Fsp3) is 0.692. The summed E-state index contributed by atoms with van der Waals surface area (Å²) in [6.07, 6.45) is 3.51. The number of nitrogen functional groups attached to an aromatic ring is 1. The normalized spacial score (nSPS) is 12.2. The highest BCUT2D eigenvalue weighted by molar-refractivity contribution is 5.47. The number of anilines is 2. The lowest BCUT2D eigenvalue weighted by Gasteiger charge is -2.15. The Bertz CT molecular complexity index is 372. The van der Waals surface area contributed by atoms with Crippen LogP contribution in [0.2, 0.25) is 0 Å². The molecule has 0 aromatic carbocycles. The maximum Gasteiger partial charge on any atom is 0.158 e. The van der Waals surface area contributed by atoms with Gasteiger partial charge in [-0.25, -0.2) is 15.8 Å². The molecule has 108 valence electrons. The first-order chi connectivity index (χ1) is 9.19. The summed E-state index contributed by atoms with van der Waals surface area (Å²) in [7, 11) is 0. The first kappa shape index (κ1) is 15.7. The molecule has 0 spiro atoms. The van der Waals surface area contributed by atoms with E-state index >= 15 is 0 Å². The van der Waals surface area contributed by atoms with Crippen LogP contribution in [0.25, 0.3) is 0 Å². The number of aromatic nitrogens is 2. The van der Waals surface area contributed by atoms with Crippen molar-refractivity contribution in [1.82, 2.24) is 9.97 Å². The van der Waals surface area contributed by atoms with Gasteiger partial charge in [-0.05, 0) is 20.3 Å². The van der Waals surface area contributed by atoms with E-state index in [2.05, 4.69) is 34.6 Å². The molecular weight excluding hydrogens is 242 g/mol. The molecule has 1 atom stereocenters. The van der Waals surface area contributed by atoms with E-state index in [0.29, 0.717) is 30.9 Å². The first-order valence-electron chi connectivity index (χ1n) is 6.88. The molecule has 6 nitrogen and oxygen atoms in total. The molecule has 4 N–H and O–H groups in total. The Labute approximate surface area is 115 Å². The second-order valence-electron chi connectivity index (χ2n) is 4.52. The maximum atomic E-state index is 5.42. The van der Waals surface area contributed by atoms with Gasteiger partial charge in [-0.3, -0.25) is 0 Å². The standard InChI is InChI=1S/C13H25N5O/c1-4-6-7-10(3)15-11-8-12(18-14)17-13(16-11)9-19-5-2/h8,10H,4-7,9,14H2,1-3H3,(H2,15,16,17,18). The highest BCUT2D eigenvalue weighted by Gasteiger charge is 2.07. The number of ether oxygens (including phenoxy) is 1. The highest BCUT2D eigenvalue weighted by Crippen LogP contribution is 2.14. The summed E-state index contributed by atoms with van der Waals surface area (Å²) in [4.78, 5) is 8.67. The summed E-state index contributed by atoms with van der Waals surface area (Å²) < 4.78 is 5.32. The van der Waals surface area contributed by atoms with Crippen molar-refractivity contribution in [3.8, 4) is 0 Å². The summed E-state index contributed by atoms with van der Waals surface area (Å²) >= 11 is 0. The van der Waals surface area contributed by atoms with Crippen molar-refractivity contribution < 1.29 is 4.74 Å². The molecule has 0 saturated heterocycles. The number of nitrogens with two attached hydrogens (primary N) is 1. The maximum absolute atomic E-state index is 5.42. The molecular formula is C13H25N5O. The second kappa shape index (κ2) is 8.66. The Hall–Kier alpha value is -1.40. The monoisotopic (exact) mass is 267 g/mol. The van der Waals surface area contributed by atoms with Crippen molar-refractivity contribution in [1.29, 1.82) is 0 Å². The highest BCUT2D eigenvalue weighted by atomic mass is 16.5. The minimum Gasteiger partial charge on any atom is -0.374 e. The van der Waals surface area contributed by atoms with Crippen molar-refractivity contribution in [2.45, 2.75) is 52.7 Å². The summed E-state index contributed by atoms with van der Waals surface area (Å²) in [5, 5.41) is 3.37. The molecule has 0 aliphatic heterocycles. The van der Waals surface area contributed by atoms with Crippen LogP contribution in [0.5, 0.6) is 0 Å². The first-order valence-corrected chi connectivity index (χ1v) is 6.88. The van der Waals surface area contributed by atoms with Crippen molar-refractivity contribution in [3.63, 3.8) is 0 Å². The average molecular weight is 267 g/mol. The fourth-order valence-corrected chi connectivity index (χ4v) is 1.74. The average Bonchev–Trinajstić information content (AvgIpc) is 2.42. The van der Waals surface area contributed by atoms with E-state index in [1.165, 1.54) is 12.8 Å². The van der Waals surface area contributed by atoms with Crippen LogP contribution in [0.3, 0.4) is 0 Å². The number of nitrogens with one attached hydrogen (secondary N) is 2. The van der Waals surface area contributed by atoms with Crippen molar-refractivity contribution in [2.75, 3.05) is 17.3 Å². The number of hydrogen-bond acceptors (Lipinski definition) is 6. The Morgan fingerprint density at radius 2 is 2.05 bits per heavy atom. The zero-order valence-electron chi connectivity index (χ0n) is 12.1. The van der Waals surface area contributed by atoms with E-state index in [4.69, 9.17) is 10.6 Å². The third-order valence-electron chi connectivity index (χ3n) is 2.74. The van der Waals surface area contributed by atoms with Crippen LogP contribution in [-0.4, -0.2) is 22.6 Å². The van der Waals surface area contributed by atoms with Crippen LogP contribution in [-0.2, 0) is 11.3 Å². The van der Waals surface area contributed by atoms with E-state index in [1.807, 2.05) is 6.92 Å². The number of hydrogen-bond donors (Lipinski definition) is 3. The summed E-state index contributed by atoms with van der Waals surface area (Å²) in [6.45, 7) is 7.31. The lowest BCUT2D eigenvalue weighted by atomic mass is 10.1. The Kier molecular flexibility index (Phi) is 7.14. The van der Waals surface area contributed by atoms with Gasteiger partial charge in [0.15, 0.2) is 5.82 Å². The predicted molar refractivity (Wildman–Crippen MR) is 77.8 cm³/mol. The van der Waals surface area contributed by atoms with Crippen LogP contribution in [0.15, 0.2) is 6.07 Å². The van der Waals surface area contributed by atoms with Crippen LogP contribution in [0, 0.1) is 0 Å². The van der Waals surface area contributed by atoms with E-state index in [1.54, 1.807) is 6.07 Å². The molecule has 1 rings (SSSR count). The summed E-state index contributed by atoms with van der Waals surface area (Å²) in [5.74, 6) is 7.42. The predicted octanol–water partition coefficient (Wildman–Crippen LogP) is 2.29. The van der Waals surface area contributed by atoms with Crippen LogP contribution >= 0.6 is 0 Å². The quantitative estimate of drug-likeness (QED) is 0.470. The molecule has 1 heterocycles. The fourth-order valence-electron chi connectivity index (χ4n) is 1.74. The third-order valence-corrected chi connectivity index (χ3v) is 2.74. The summed E-state index contributed by atoms with van der Waals surface area (Å²) in [6, 6.07) is 2.18. The number of hydrazine groups is 1. The van der Waals surface area contributed by atoms with Gasteiger partial charge in [-0.15, -0.1) is 0 Å². The minimum atomic E-state index is 0.375. The number of nitrogens with zero attached hydrogens (tertiary/aromatic N) is 2. The zero-order chi connectivity index (χ0) is 14.1. The summed E-state index contributed by atoms with van der Waals surface area (Å²) in [5.41, 5.74) is 2.55. The van der Waals surface area contributed by atoms with Crippen LogP contribution in [0.4, 0.5) is 11.6 Å². The van der Waals surface area contributed by atoms with Gasteiger partial charge in [0.1, 0.15) is 18.2 Å². The minimum absolute atomic E-state index is 0.375. The molecule has 0 fully saturated rings. The smallest absolute Gasteiger partial charge is 0.158 e. The van der Waals surface area contributed by atoms with Gasteiger partial charge in [-0.1, -0.05) is 19.8 Å². The Morgan fingerprint density at radius 3 is 2.68 bits per heavy atom. The van der Waals surface area contributed by atoms with Crippen molar-refractivity contribution in [2.24, 2.45) is 5.84 Å². The molecule has 0 radical (unpaired) electrons. The molecule has 1 aromatic rings. The SMILES string of the molecule is CCCCC(C)Nc1cc(NN)nc(COCC)n1. The van der Waals surface area contributed by atoms with E-state index in [9.17, 15) is 0 Å². The van der Waals surface area contributed by atoms with Gasteiger partial charge in [0, 0.05) is 18.7 Å². The molecule has 1 aromatic heterocycles. The lowest BCUT2D eigenvalue weighted by Crippen LogP contribution is -2.18. The topological polar surface area (TPSA) is 85.1 Å². The molecule has 0 saturated carbocycles. The van der Waals surface area contributed by atoms with E-state index < -0.39 is 0 Å².